The molecule has 0 unspecified atom stereocenters. The number of aromatic amines is 1. The van der Waals surface area contributed by atoms with E-state index in [0.717, 1.165) is 0 Å². The molecule has 0 aliphatic rings. The number of aromatic nitrogens is 1. The van der Waals surface area contributed by atoms with Gasteiger partial charge < -0.3 is 4.98 Å². The van der Waals surface area contributed by atoms with Crippen molar-refractivity contribution in [1.29, 1.82) is 0 Å². The van der Waals surface area contributed by atoms with E-state index in [0.29, 0.717) is 0 Å². The Hall–Kier alpha value is -2.28. The Morgan fingerprint density at radius 1 is 0.706 bits per heavy atom. The molecule has 4 aromatic rings. The molecule has 0 spiro atoms. The topological polar surface area (TPSA) is 15.8 Å². The van der Waals surface area contributed by atoms with Crippen molar-refractivity contribution in [3.63, 3.8) is 0 Å². The lowest BCUT2D eigenvalue weighted by atomic mass is 10.1. The van der Waals surface area contributed by atoms with Crippen LogP contribution in [0.5, 0.6) is 0 Å². The third-order valence-corrected chi connectivity index (χ3v) is 3.37. The lowest BCUT2D eigenvalue weighted by molar-refractivity contribution is 1.55. The molecule has 1 N–H and O–H groups in total. The lowest BCUT2D eigenvalue weighted by Crippen LogP contribution is -1.72. The summed E-state index contributed by atoms with van der Waals surface area (Å²) in [6, 6.07) is 21.4. The largest absolute Gasteiger partial charge is 0.354 e. The van der Waals surface area contributed by atoms with Gasteiger partial charge in [-0.15, -0.1) is 0 Å². The quantitative estimate of drug-likeness (QED) is 0.442. The number of nitrogens with one attached hydrogen (secondary N) is 1. The van der Waals surface area contributed by atoms with Crippen molar-refractivity contribution in [3.05, 3.63) is 60.7 Å². The molecule has 1 aromatic heterocycles. The van der Waals surface area contributed by atoms with Crippen LogP contribution in [-0.4, -0.2) is 4.98 Å². The van der Waals surface area contributed by atoms with Crippen molar-refractivity contribution in [2.45, 2.75) is 0 Å². The molecule has 0 radical (unpaired) electrons. The lowest BCUT2D eigenvalue weighted by Gasteiger charge is -1.97. The summed E-state index contributed by atoms with van der Waals surface area (Å²) in [6.45, 7) is 0. The van der Waals surface area contributed by atoms with Gasteiger partial charge in [-0.2, -0.15) is 0 Å². The van der Waals surface area contributed by atoms with Gasteiger partial charge >= 0.3 is 0 Å². The summed E-state index contributed by atoms with van der Waals surface area (Å²) in [4.78, 5) is 3.47. The van der Waals surface area contributed by atoms with Gasteiger partial charge in [0.05, 0.1) is 0 Å². The highest BCUT2D eigenvalue weighted by molar-refractivity contribution is 6.11. The van der Waals surface area contributed by atoms with Gasteiger partial charge in [-0.25, -0.2) is 0 Å². The molecular weight excluding hydrogens is 206 g/mol. The van der Waals surface area contributed by atoms with E-state index in [1.54, 1.807) is 0 Å². The zero-order valence-electron chi connectivity index (χ0n) is 11.3. The number of benzene rings is 3. The minimum atomic E-state index is 1.21. The van der Waals surface area contributed by atoms with Crippen molar-refractivity contribution >= 4 is 32.6 Å². The standard InChI is InChI=1S/C16H11N.H2/c1-2-6-12-10-16-14(9-11(12)5-1)13-7-3-4-8-15(13)17-16;/h1-10,17H;1H/i;1+1D. The van der Waals surface area contributed by atoms with E-state index >= 15 is 0 Å². The highest BCUT2D eigenvalue weighted by Gasteiger charge is 2.04. The van der Waals surface area contributed by atoms with Crippen LogP contribution in [0.15, 0.2) is 60.7 Å². The molecule has 17 heavy (non-hydrogen) atoms. The normalized spacial score (nSPS) is 12.0. The fourth-order valence-electron chi connectivity index (χ4n) is 2.54. The van der Waals surface area contributed by atoms with Gasteiger partial charge in [0.2, 0.25) is 0 Å². The second-order valence-corrected chi connectivity index (χ2v) is 4.42. The van der Waals surface area contributed by atoms with Gasteiger partial charge in [0.1, 0.15) is 0 Å². The number of H-pyrrole nitrogens is 1. The number of para-hydroxylation sites is 1. The monoisotopic (exact) mass is 221 g/mol. The summed E-state index contributed by atoms with van der Waals surface area (Å²) in [6.07, 6.45) is 0. The smallest absolute Gasteiger partial charge is 0.0471 e. The average molecular weight is 221 g/mol. The van der Waals surface area contributed by atoms with Crippen molar-refractivity contribution in [1.82, 2.24) is 4.98 Å². The molecule has 0 aliphatic heterocycles. The predicted molar refractivity (Wildman–Crippen MR) is 75.4 cm³/mol. The van der Waals surface area contributed by atoms with E-state index in [9.17, 15) is 0 Å². The Morgan fingerprint density at radius 3 is 2.29 bits per heavy atom. The molecule has 3 aromatic carbocycles. The first kappa shape index (κ1) is 7.91. The van der Waals surface area contributed by atoms with E-state index in [2.05, 4.69) is 65.6 Å². The maximum absolute atomic E-state index is 5.00. The molecule has 82 valence electrons. The molecule has 0 bridgehead atoms. The van der Waals surface area contributed by atoms with Crippen molar-refractivity contribution in [2.24, 2.45) is 0 Å². The Balaban J connectivity index is 0.000000528. The second-order valence-electron chi connectivity index (χ2n) is 4.42. The van der Waals surface area contributed by atoms with Crippen LogP contribution in [0, 0.1) is 0 Å². The molecule has 1 nitrogen and oxygen atoms in total. The van der Waals surface area contributed by atoms with Crippen LogP contribution in [0.4, 0.5) is 0 Å². The van der Waals surface area contributed by atoms with E-state index in [-0.39, 0.29) is 0 Å². The highest BCUT2D eigenvalue weighted by Crippen LogP contribution is 2.28. The maximum atomic E-state index is 5.00. The van der Waals surface area contributed by atoms with E-state index in [1.165, 1.54) is 32.6 Å². The predicted octanol–water partition coefficient (Wildman–Crippen LogP) is 4.72. The SMILES string of the molecule is [2H][2H].c1ccc2cc3c(cc2c1)[nH]c1ccccc13. The van der Waals surface area contributed by atoms with Crippen molar-refractivity contribution in [3.8, 4) is 0 Å². The van der Waals surface area contributed by atoms with Crippen LogP contribution < -0.4 is 0 Å². The van der Waals surface area contributed by atoms with E-state index in [4.69, 9.17) is 2.97 Å². The van der Waals surface area contributed by atoms with Crippen LogP contribution >= 0.6 is 0 Å². The fraction of sp³-hybridized carbons (Fsp3) is 0. The molecule has 1 heterocycles. The molecule has 1 heteroatoms. The first-order valence-electron chi connectivity index (χ1n) is 6.81. The Morgan fingerprint density at radius 2 is 1.41 bits per heavy atom. The van der Waals surface area contributed by atoms with Crippen LogP contribution in [0.2, 0.25) is 0 Å². The van der Waals surface area contributed by atoms with Crippen LogP contribution in [0.3, 0.4) is 0 Å². The van der Waals surface area contributed by atoms with Gasteiger partial charge in [-0.1, -0.05) is 42.5 Å². The van der Waals surface area contributed by atoms with Crippen LogP contribution in [0.1, 0.15) is 2.97 Å². The summed E-state index contributed by atoms with van der Waals surface area (Å²) in [5.74, 6) is 0. The molecule has 0 aliphatic carbocycles. The van der Waals surface area contributed by atoms with Crippen molar-refractivity contribution in [2.75, 3.05) is 0 Å². The molecule has 0 saturated carbocycles. The Kier molecular flexibility index (Phi) is 1.45. The van der Waals surface area contributed by atoms with Gasteiger partial charge in [0, 0.05) is 24.8 Å². The fourth-order valence-corrected chi connectivity index (χ4v) is 2.54. The summed E-state index contributed by atoms with van der Waals surface area (Å²) in [5.41, 5.74) is 2.42. The first-order chi connectivity index (χ1) is 9.42. The molecule has 4 rings (SSSR count). The zero-order chi connectivity index (χ0) is 13.2. The summed E-state index contributed by atoms with van der Waals surface area (Å²) in [7, 11) is 0. The van der Waals surface area contributed by atoms with Crippen LogP contribution in [-0.2, 0) is 0 Å². The third-order valence-electron chi connectivity index (χ3n) is 3.37. The van der Waals surface area contributed by atoms with Gasteiger partial charge in [-0.05, 0) is 29.0 Å². The number of fused-ring (bicyclic) bond motifs is 4. The molecule has 0 saturated heterocycles. The first-order valence-corrected chi connectivity index (χ1v) is 5.81. The van der Waals surface area contributed by atoms with Gasteiger partial charge in [0.15, 0.2) is 0 Å². The Labute approximate surface area is 102 Å². The van der Waals surface area contributed by atoms with Crippen LogP contribution in [0.25, 0.3) is 32.6 Å². The summed E-state index contributed by atoms with van der Waals surface area (Å²) in [5, 5.41) is 5.18. The molecule has 0 fully saturated rings. The number of rotatable bonds is 0. The molecule has 0 atom stereocenters. The highest BCUT2D eigenvalue weighted by atomic mass is 14.7. The van der Waals surface area contributed by atoms with Crippen molar-refractivity contribution < 1.29 is 2.97 Å². The zero-order valence-corrected chi connectivity index (χ0v) is 9.27. The van der Waals surface area contributed by atoms with Gasteiger partial charge in [0.25, 0.3) is 0 Å². The molecular formula is C16H13N. The number of hydrogen-bond donors (Lipinski definition) is 1. The Bertz CT molecular complexity index is 843. The van der Waals surface area contributed by atoms with E-state index < -0.39 is 0 Å². The van der Waals surface area contributed by atoms with Gasteiger partial charge in [-0.3, -0.25) is 0 Å². The second kappa shape index (κ2) is 3.11. The number of hydrogen-bond acceptors (Lipinski definition) is 0. The third kappa shape index (κ3) is 1.19. The summed E-state index contributed by atoms with van der Waals surface area (Å²) < 4.78 is 10.0. The maximum Gasteiger partial charge on any atom is 0.0471 e. The minimum absolute atomic E-state index is 1.21. The minimum Gasteiger partial charge on any atom is -0.354 e. The molecule has 0 amide bonds. The average Bonchev–Trinajstić information content (AvgIpc) is 2.84. The summed E-state index contributed by atoms with van der Waals surface area (Å²) >= 11 is 0. The van der Waals surface area contributed by atoms with E-state index in [1.807, 2.05) is 0 Å².